The fraction of sp³-hybridized carbons (Fsp3) is 0.350. The number of aromatic hydroxyl groups is 1. The van der Waals surface area contributed by atoms with E-state index in [-0.39, 0.29) is 17.5 Å². The molecule has 0 spiro atoms. The van der Waals surface area contributed by atoms with E-state index in [9.17, 15) is 15.2 Å². The Kier molecular flexibility index (Phi) is 5.88. The molecule has 0 unspecified atom stereocenters. The van der Waals surface area contributed by atoms with Gasteiger partial charge in [-0.25, -0.2) is 0 Å². The molecule has 0 bridgehead atoms. The Balaban J connectivity index is 2.15. The molecule has 1 aromatic carbocycles. The summed E-state index contributed by atoms with van der Waals surface area (Å²) in [7, 11) is 0. The standard InChI is InChI=1S/C20H19Cl2N3O2/c1-12-14(10-23)19(26)25(13-6-3-2-4-7-13)20(27)15(12)11-24-17-9-5-8-16(21)18(17)22/h5,8-9,11,13,27H,2-4,6-7H2,1H3. The molecule has 0 saturated heterocycles. The third-order valence-electron chi connectivity index (χ3n) is 5.00. The Morgan fingerprint density at radius 1 is 1.30 bits per heavy atom. The van der Waals surface area contributed by atoms with Crippen molar-refractivity contribution in [2.45, 2.75) is 45.1 Å². The number of hydrogen-bond acceptors (Lipinski definition) is 4. The molecule has 1 heterocycles. The molecule has 1 aliphatic carbocycles. The number of rotatable bonds is 3. The molecule has 7 heteroatoms. The molecular weight excluding hydrogens is 385 g/mol. The number of nitriles is 1. The lowest BCUT2D eigenvalue weighted by molar-refractivity contribution is 0.303. The van der Waals surface area contributed by atoms with Crippen LogP contribution in [-0.4, -0.2) is 15.9 Å². The van der Waals surface area contributed by atoms with Crippen LogP contribution >= 0.6 is 23.2 Å². The molecule has 0 aliphatic heterocycles. The average Bonchev–Trinajstić information content (AvgIpc) is 2.66. The van der Waals surface area contributed by atoms with E-state index < -0.39 is 5.56 Å². The zero-order chi connectivity index (χ0) is 19.6. The van der Waals surface area contributed by atoms with Crippen molar-refractivity contribution >= 4 is 35.1 Å². The van der Waals surface area contributed by atoms with Crippen LogP contribution in [0.15, 0.2) is 28.0 Å². The van der Waals surface area contributed by atoms with E-state index in [0.29, 0.717) is 26.9 Å². The predicted octanol–water partition coefficient (Wildman–Crippen LogP) is 5.30. The Bertz CT molecular complexity index is 1000. The molecule has 0 amide bonds. The molecule has 27 heavy (non-hydrogen) atoms. The van der Waals surface area contributed by atoms with Crippen molar-refractivity contribution in [2.75, 3.05) is 0 Å². The third-order valence-corrected chi connectivity index (χ3v) is 5.81. The minimum atomic E-state index is -0.447. The predicted molar refractivity (Wildman–Crippen MR) is 108 cm³/mol. The van der Waals surface area contributed by atoms with E-state index in [1.807, 2.05) is 6.07 Å². The van der Waals surface area contributed by atoms with E-state index in [0.717, 1.165) is 32.1 Å². The molecule has 0 atom stereocenters. The zero-order valence-corrected chi connectivity index (χ0v) is 16.4. The van der Waals surface area contributed by atoms with Crippen molar-refractivity contribution in [3.8, 4) is 11.9 Å². The first-order chi connectivity index (χ1) is 13.0. The Morgan fingerprint density at radius 2 is 2.00 bits per heavy atom. The van der Waals surface area contributed by atoms with Crippen molar-refractivity contribution in [2.24, 2.45) is 4.99 Å². The summed E-state index contributed by atoms with van der Waals surface area (Å²) in [4.78, 5) is 17.1. The second kappa shape index (κ2) is 8.16. The SMILES string of the molecule is Cc1c(C=Nc2cccc(Cl)c2Cl)c(O)n(C2CCCCC2)c(=O)c1C#N. The topological polar surface area (TPSA) is 78.4 Å². The quantitative estimate of drug-likeness (QED) is 0.706. The second-order valence-corrected chi connectivity index (χ2v) is 7.43. The monoisotopic (exact) mass is 403 g/mol. The van der Waals surface area contributed by atoms with Crippen molar-refractivity contribution in [3.63, 3.8) is 0 Å². The van der Waals surface area contributed by atoms with Gasteiger partial charge in [-0.2, -0.15) is 5.26 Å². The van der Waals surface area contributed by atoms with E-state index in [2.05, 4.69) is 4.99 Å². The third kappa shape index (κ3) is 3.73. The number of halogens is 2. The highest BCUT2D eigenvalue weighted by molar-refractivity contribution is 6.43. The summed E-state index contributed by atoms with van der Waals surface area (Å²) in [5, 5.41) is 21.0. The lowest BCUT2D eigenvalue weighted by Gasteiger charge is -2.26. The summed E-state index contributed by atoms with van der Waals surface area (Å²) < 4.78 is 1.35. The van der Waals surface area contributed by atoms with E-state index in [1.165, 1.54) is 10.8 Å². The summed E-state index contributed by atoms with van der Waals surface area (Å²) in [5.41, 5.74) is 0.757. The van der Waals surface area contributed by atoms with Gasteiger partial charge in [0.15, 0.2) is 0 Å². The largest absolute Gasteiger partial charge is 0.494 e. The Hall–Kier alpha value is -2.29. The van der Waals surface area contributed by atoms with Gasteiger partial charge in [0, 0.05) is 12.3 Å². The summed E-state index contributed by atoms with van der Waals surface area (Å²) in [6.45, 7) is 1.63. The van der Waals surface area contributed by atoms with Crippen LogP contribution in [0.5, 0.6) is 5.88 Å². The number of nitrogens with zero attached hydrogens (tertiary/aromatic N) is 3. The van der Waals surface area contributed by atoms with Crippen molar-refractivity contribution in [3.05, 3.63) is 55.3 Å². The van der Waals surface area contributed by atoms with Gasteiger partial charge in [0.25, 0.3) is 5.56 Å². The molecule has 1 saturated carbocycles. The van der Waals surface area contributed by atoms with Crippen LogP contribution in [0.3, 0.4) is 0 Å². The average molecular weight is 404 g/mol. The van der Waals surface area contributed by atoms with Gasteiger partial charge in [-0.05, 0) is 37.5 Å². The summed E-state index contributed by atoms with van der Waals surface area (Å²) in [6, 6.07) is 6.93. The first-order valence-electron chi connectivity index (χ1n) is 8.82. The molecule has 1 N–H and O–H groups in total. The maximum Gasteiger partial charge on any atom is 0.271 e. The highest BCUT2D eigenvalue weighted by Gasteiger charge is 2.24. The number of pyridine rings is 1. The zero-order valence-electron chi connectivity index (χ0n) is 14.9. The van der Waals surface area contributed by atoms with Gasteiger partial charge in [-0.15, -0.1) is 0 Å². The van der Waals surface area contributed by atoms with Gasteiger partial charge < -0.3 is 5.11 Å². The van der Waals surface area contributed by atoms with Crippen LogP contribution < -0.4 is 5.56 Å². The number of benzene rings is 1. The molecule has 3 rings (SSSR count). The molecule has 1 fully saturated rings. The second-order valence-electron chi connectivity index (χ2n) is 6.65. The van der Waals surface area contributed by atoms with Gasteiger partial charge >= 0.3 is 0 Å². The first-order valence-corrected chi connectivity index (χ1v) is 9.57. The fourth-order valence-electron chi connectivity index (χ4n) is 3.50. The van der Waals surface area contributed by atoms with E-state index >= 15 is 0 Å². The smallest absolute Gasteiger partial charge is 0.271 e. The molecule has 140 valence electrons. The van der Waals surface area contributed by atoms with Gasteiger partial charge in [-0.1, -0.05) is 48.5 Å². The maximum atomic E-state index is 12.8. The van der Waals surface area contributed by atoms with Gasteiger partial charge in [0.2, 0.25) is 5.88 Å². The molecule has 2 aromatic rings. The van der Waals surface area contributed by atoms with Crippen LogP contribution in [0.4, 0.5) is 5.69 Å². The van der Waals surface area contributed by atoms with Gasteiger partial charge in [0.05, 0.1) is 21.3 Å². The van der Waals surface area contributed by atoms with Crippen LogP contribution in [0.25, 0.3) is 0 Å². The number of hydrogen-bond donors (Lipinski definition) is 1. The fourth-order valence-corrected chi connectivity index (χ4v) is 3.84. The molecule has 0 radical (unpaired) electrons. The summed E-state index contributed by atoms with van der Waals surface area (Å²) in [5.74, 6) is -0.162. The van der Waals surface area contributed by atoms with E-state index in [4.69, 9.17) is 23.2 Å². The van der Waals surface area contributed by atoms with Crippen molar-refractivity contribution in [1.29, 1.82) is 5.26 Å². The summed E-state index contributed by atoms with van der Waals surface area (Å²) >= 11 is 12.2. The molecule has 5 nitrogen and oxygen atoms in total. The first kappa shape index (κ1) is 19.5. The maximum absolute atomic E-state index is 12.8. The molecule has 1 aromatic heterocycles. The lowest BCUT2D eigenvalue weighted by Crippen LogP contribution is -2.30. The van der Waals surface area contributed by atoms with Crippen LogP contribution in [0.1, 0.15) is 54.8 Å². The van der Waals surface area contributed by atoms with Gasteiger partial charge in [-0.3, -0.25) is 14.4 Å². The normalized spacial score (nSPS) is 15.2. The highest BCUT2D eigenvalue weighted by Crippen LogP contribution is 2.34. The minimum Gasteiger partial charge on any atom is -0.494 e. The van der Waals surface area contributed by atoms with Crippen LogP contribution in [0, 0.1) is 18.3 Å². The highest BCUT2D eigenvalue weighted by atomic mass is 35.5. The van der Waals surface area contributed by atoms with Gasteiger partial charge in [0.1, 0.15) is 11.6 Å². The Morgan fingerprint density at radius 3 is 2.67 bits per heavy atom. The van der Waals surface area contributed by atoms with Crippen LogP contribution in [-0.2, 0) is 0 Å². The van der Waals surface area contributed by atoms with Crippen molar-refractivity contribution in [1.82, 2.24) is 4.57 Å². The van der Waals surface area contributed by atoms with Crippen molar-refractivity contribution < 1.29 is 5.11 Å². The lowest BCUT2D eigenvalue weighted by atomic mass is 9.94. The molecule has 1 aliphatic rings. The van der Waals surface area contributed by atoms with E-state index in [1.54, 1.807) is 25.1 Å². The molecular formula is C20H19Cl2N3O2. The minimum absolute atomic E-state index is 0.0250. The number of aliphatic imine (C=N–C) groups is 1. The summed E-state index contributed by atoms with van der Waals surface area (Å²) in [6.07, 6.45) is 6.14. The Labute approximate surface area is 167 Å². The number of aromatic nitrogens is 1. The van der Waals surface area contributed by atoms with Crippen LogP contribution in [0.2, 0.25) is 10.0 Å².